The van der Waals surface area contributed by atoms with Crippen molar-refractivity contribution in [2.45, 2.75) is 45.6 Å². The first kappa shape index (κ1) is 9.91. The molecule has 0 aromatic heterocycles. The molecular weight excluding hydrogens is 176 g/mol. The molecule has 2 aliphatic rings. The average Bonchev–Trinajstić information content (AvgIpc) is 2.35. The topological polar surface area (TPSA) is 37.3 Å². The Labute approximate surface area is 85.0 Å². The number of hydrogen-bond donors (Lipinski definition) is 1. The van der Waals surface area contributed by atoms with Gasteiger partial charge in [-0.3, -0.25) is 4.79 Å². The summed E-state index contributed by atoms with van der Waals surface area (Å²) in [5.74, 6) is 0.647. The van der Waals surface area contributed by atoms with E-state index in [9.17, 15) is 9.90 Å². The third kappa shape index (κ3) is 1.33. The summed E-state index contributed by atoms with van der Waals surface area (Å²) in [5.41, 5.74) is 1.12. The lowest BCUT2D eigenvalue weighted by atomic mass is 9.73. The maximum atomic E-state index is 11.4. The van der Waals surface area contributed by atoms with Crippen LogP contribution in [0, 0.1) is 11.3 Å². The van der Waals surface area contributed by atoms with Crippen molar-refractivity contribution in [3.63, 3.8) is 0 Å². The van der Waals surface area contributed by atoms with Crippen molar-refractivity contribution in [3.05, 3.63) is 11.6 Å². The van der Waals surface area contributed by atoms with Gasteiger partial charge < -0.3 is 5.11 Å². The van der Waals surface area contributed by atoms with E-state index >= 15 is 0 Å². The van der Waals surface area contributed by atoms with Crippen molar-refractivity contribution < 1.29 is 9.90 Å². The van der Waals surface area contributed by atoms with Gasteiger partial charge in [-0.15, -0.1) is 0 Å². The summed E-state index contributed by atoms with van der Waals surface area (Å²) in [5, 5.41) is 9.97. The summed E-state index contributed by atoms with van der Waals surface area (Å²) >= 11 is 0. The Morgan fingerprint density at radius 2 is 2.21 bits per heavy atom. The molecule has 2 heteroatoms. The van der Waals surface area contributed by atoms with Crippen LogP contribution in [0.4, 0.5) is 0 Å². The molecule has 2 rings (SSSR count). The number of carbonyl (C=O) groups is 1. The second-order valence-electron chi connectivity index (χ2n) is 5.01. The van der Waals surface area contributed by atoms with Crippen LogP contribution >= 0.6 is 0 Å². The highest BCUT2D eigenvalue weighted by Gasteiger charge is 2.47. The highest BCUT2D eigenvalue weighted by molar-refractivity contribution is 5.90. The van der Waals surface area contributed by atoms with Crippen LogP contribution in [-0.2, 0) is 4.79 Å². The minimum atomic E-state index is -0.221. The van der Waals surface area contributed by atoms with Gasteiger partial charge in [-0.2, -0.15) is 0 Å². The standard InChI is InChI=1S/C12H18O2/c1-8-7-9(13)5-6-12(2)10(8)3-4-11(12)14/h7,10-11,14H,3-6H2,1-2H3/t10-,11+,12-/m0/s1. The first-order chi connectivity index (χ1) is 6.54. The highest BCUT2D eigenvalue weighted by atomic mass is 16.3. The van der Waals surface area contributed by atoms with E-state index in [4.69, 9.17) is 0 Å². The molecule has 2 aliphatic carbocycles. The van der Waals surface area contributed by atoms with Crippen molar-refractivity contribution in [2.75, 3.05) is 0 Å². The molecule has 0 unspecified atom stereocenters. The second-order valence-corrected chi connectivity index (χ2v) is 5.01. The molecule has 0 heterocycles. The van der Waals surface area contributed by atoms with Crippen LogP contribution in [0.25, 0.3) is 0 Å². The van der Waals surface area contributed by atoms with Gasteiger partial charge in [-0.05, 0) is 38.2 Å². The number of allylic oxidation sites excluding steroid dienone is 2. The average molecular weight is 194 g/mol. The molecule has 1 fully saturated rings. The lowest BCUT2D eigenvalue weighted by molar-refractivity contribution is -0.115. The van der Waals surface area contributed by atoms with Gasteiger partial charge in [0.25, 0.3) is 0 Å². The fourth-order valence-electron chi connectivity index (χ4n) is 3.12. The quantitative estimate of drug-likeness (QED) is 0.641. The third-order valence-electron chi connectivity index (χ3n) is 4.13. The van der Waals surface area contributed by atoms with Gasteiger partial charge >= 0.3 is 0 Å². The summed E-state index contributed by atoms with van der Waals surface area (Å²) in [6.07, 6.45) is 4.93. The van der Waals surface area contributed by atoms with Crippen molar-refractivity contribution in [1.82, 2.24) is 0 Å². The molecule has 78 valence electrons. The van der Waals surface area contributed by atoms with E-state index in [0.29, 0.717) is 12.3 Å². The number of rotatable bonds is 0. The smallest absolute Gasteiger partial charge is 0.155 e. The summed E-state index contributed by atoms with van der Waals surface area (Å²) in [4.78, 5) is 11.4. The van der Waals surface area contributed by atoms with Gasteiger partial charge in [0.05, 0.1) is 6.10 Å². The second kappa shape index (κ2) is 3.20. The van der Waals surface area contributed by atoms with Gasteiger partial charge in [-0.1, -0.05) is 12.5 Å². The van der Waals surface area contributed by atoms with E-state index in [1.807, 2.05) is 6.92 Å². The molecular formula is C12H18O2. The molecule has 0 bridgehead atoms. The highest BCUT2D eigenvalue weighted by Crippen LogP contribution is 2.50. The Balaban J connectivity index is 2.35. The number of hydrogen-bond acceptors (Lipinski definition) is 2. The van der Waals surface area contributed by atoms with Gasteiger partial charge in [0.2, 0.25) is 0 Å². The molecule has 3 atom stereocenters. The maximum absolute atomic E-state index is 11.4. The van der Waals surface area contributed by atoms with E-state index in [2.05, 4.69) is 6.92 Å². The third-order valence-corrected chi connectivity index (χ3v) is 4.13. The van der Waals surface area contributed by atoms with Crippen LogP contribution in [0.5, 0.6) is 0 Å². The zero-order chi connectivity index (χ0) is 10.3. The van der Waals surface area contributed by atoms with Crippen molar-refractivity contribution in [3.8, 4) is 0 Å². The van der Waals surface area contributed by atoms with E-state index in [1.165, 1.54) is 5.57 Å². The number of aliphatic hydroxyl groups excluding tert-OH is 1. The summed E-state index contributed by atoms with van der Waals surface area (Å²) in [7, 11) is 0. The van der Waals surface area contributed by atoms with Gasteiger partial charge in [0.15, 0.2) is 5.78 Å². The first-order valence-corrected chi connectivity index (χ1v) is 5.43. The predicted octanol–water partition coefficient (Wildman–Crippen LogP) is 2.07. The Kier molecular flexibility index (Phi) is 2.26. The molecule has 0 amide bonds. The molecule has 1 N–H and O–H groups in total. The zero-order valence-corrected chi connectivity index (χ0v) is 8.92. The molecule has 0 saturated heterocycles. The van der Waals surface area contributed by atoms with E-state index in [0.717, 1.165) is 19.3 Å². The largest absolute Gasteiger partial charge is 0.393 e. The molecule has 0 aromatic carbocycles. The minimum Gasteiger partial charge on any atom is -0.393 e. The number of aliphatic hydroxyl groups is 1. The molecule has 0 aliphatic heterocycles. The monoisotopic (exact) mass is 194 g/mol. The molecule has 1 saturated carbocycles. The Morgan fingerprint density at radius 1 is 1.50 bits per heavy atom. The van der Waals surface area contributed by atoms with Gasteiger partial charge in [0, 0.05) is 11.8 Å². The zero-order valence-electron chi connectivity index (χ0n) is 8.92. The maximum Gasteiger partial charge on any atom is 0.155 e. The van der Waals surface area contributed by atoms with Crippen LogP contribution < -0.4 is 0 Å². The van der Waals surface area contributed by atoms with E-state index in [1.54, 1.807) is 6.08 Å². The Bertz CT molecular complexity index is 293. The lowest BCUT2D eigenvalue weighted by Crippen LogP contribution is -2.32. The van der Waals surface area contributed by atoms with Crippen molar-refractivity contribution in [1.29, 1.82) is 0 Å². The van der Waals surface area contributed by atoms with Crippen LogP contribution in [0.3, 0.4) is 0 Å². The van der Waals surface area contributed by atoms with Gasteiger partial charge in [-0.25, -0.2) is 0 Å². The van der Waals surface area contributed by atoms with Gasteiger partial charge in [0.1, 0.15) is 0 Å². The van der Waals surface area contributed by atoms with E-state index in [-0.39, 0.29) is 17.3 Å². The predicted molar refractivity (Wildman–Crippen MR) is 54.8 cm³/mol. The van der Waals surface area contributed by atoms with Crippen LogP contribution in [0.1, 0.15) is 39.5 Å². The summed E-state index contributed by atoms with van der Waals surface area (Å²) in [6.45, 7) is 4.16. The fraction of sp³-hybridized carbons (Fsp3) is 0.750. The van der Waals surface area contributed by atoms with Crippen molar-refractivity contribution >= 4 is 5.78 Å². The number of carbonyl (C=O) groups excluding carboxylic acids is 1. The summed E-state index contributed by atoms with van der Waals surface area (Å²) < 4.78 is 0. The van der Waals surface area contributed by atoms with Crippen LogP contribution in [-0.4, -0.2) is 17.0 Å². The minimum absolute atomic E-state index is 0.0489. The normalized spacial score (nSPS) is 43.1. The number of fused-ring (bicyclic) bond motifs is 1. The Hall–Kier alpha value is -0.630. The van der Waals surface area contributed by atoms with Crippen molar-refractivity contribution in [2.24, 2.45) is 11.3 Å². The number of ketones is 1. The molecule has 0 radical (unpaired) electrons. The molecule has 2 nitrogen and oxygen atoms in total. The first-order valence-electron chi connectivity index (χ1n) is 5.43. The Morgan fingerprint density at radius 3 is 2.93 bits per heavy atom. The molecule has 0 spiro atoms. The van der Waals surface area contributed by atoms with Crippen LogP contribution in [0.2, 0.25) is 0 Å². The molecule has 0 aromatic rings. The van der Waals surface area contributed by atoms with E-state index < -0.39 is 0 Å². The fourth-order valence-corrected chi connectivity index (χ4v) is 3.12. The molecule has 14 heavy (non-hydrogen) atoms. The summed E-state index contributed by atoms with van der Waals surface area (Å²) in [6, 6.07) is 0. The SMILES string of the molecule is CC1=CC(=O)CC[C@]2(C)[C@H](O)CC[C@@H]12. The lowest BCUT2D eigenvalue weighted by Gasteiger charge is -2.33. The van der Waals surface area contributed by atoms with Crippen LogP contribution in [0.15, 0.2) is 11.6 Å².